The summed E-state index contributed by atoms with van der Waals surface area (Å²) in [5.74, 6) is 6.38. The number of nitrogens with zero attached hydrogens (tertiary/aromatic N) is 2. The molecule has 2 nitrogen and oxygen atoms in total. The molecule has 0 fully saturated rings. The monoisotopic (exact) mass is 400 g/mol. The minimum absolute atomic E-state index is 0.644. The Hall–Kier alpha value is -3.92. The molecular formula is C27H16N2S. The average molecular weight is 401 g/mol. The Kier molecular flexibility index (Phi) is 4.74. The number of fused-ring (bicyclic) bond motifs is 2. The number of nitriles is 1. The van der Waals surface area contributed by atoms with Crippen LogP contribution >= 0.6 is 11.8 Å². The SMILES string of the molecule is N#Cc1ccc(C#Cc2ccc(N3c4ccccc4Sc4ccccc43)cc2)cc1. The molecule has 1 aliphatic heterocycles. The first-order valence-corrected chi connectivity index (χ1v) is 10.4. The molecule has 4 aromatic rings. The van der Waals surface area contributed by atoms with E-state index in [1.165, 1.54) is 21.2 Å². The van der Waals surface area contributed by atoms with Gasteiger partial charge in [0.1, 0.15) is 0 Å². The van der Waals surface area contributed by atoms with Gasteiger partial charge in [0.05, 0.1) is 23.0 Å². The normalized spacial score (nSPS) is 11.5. The van der Waals surface area contributed by atoms with E-state index in [2.05, 4.69) is 95.6 Å². The van der Waals surface area contributed by atoms with E-state index in [0.717, 1.165) is 16.8 Å². The molecule has 1 heterocycles. The summed E-state index contributed by atoms with van der Waals surface area (Å²) in [6.07, 6.45) is 0. The minimum atomic E-state index is 0.644. The molecule has 1 aliphatic rings. The molecule has 140 valence electrons. The summed E-state index contributed by atoms with van der Waals surface area (Å²) in [5.41, 5.74) is 5.99. The zero-order valence-corrected chi connectivity index (χ0v) is 16.9. The van der Waals surface area contributed by atoms with Gasteiger partial charge < -0.3 is 4.90 Å². The zero-order valence-electron chi connectivity index (χ0n) is 16.0. The van der Waals surface area contributed by atoms with Gasteiger partial charge in [0.15, 0.2) is 0 Å². The van der Waals surface area contributed by atoms with Gasteiger partial charge in [-0.1, -0.05) is 47.9 Å². The van der Waals surface area contributed by atoms with Crippen molar-refractivity contribution in [3.05, 3.63) is 114 Å². The fraction of sp³-hybridized carbons (Fsp3) is 0. The molecule has 0 amide bonds. The van der Waals surface area contributed by atoms with Crippen LogP contribution < -0.4 is 4.90 Å². The van der Waals surface area contributed by atoms with Gasteiger partial charge in [-0.3, -0.25) is 0 Å². The van der Waals surface area contributed by atoms with Crippen LogP contribution in [-0.2, 0) is 0 Å². The van der Waals surface area contributed by atoms with Crippen molar-refractivity contribution in [1.29, 1.82) is 5.26 Å². The van der Waals surface area contributed by atoms with Crippen molar-refractivity contribution in [3.63, 3.8) is 0 Å². The van der Waals surface area contributed by atoms with Gasteiger partial charge >= 0.3 is 0 Å². The predicted molar refractivity (Wildman–Crippen MR) is 122 cm³/mol. The van der Waals surface area contributed by atoms with E-state index in [1.54, 1.807) is 12.1 Å². The Morgan fingerprint density at radius 1 is 0.567 bits per heavy atom. The molecule has 3 heteroatoms. The van der Waals surface area contributed by atoms with Crippen LogP contribution in [0.25, 0.3) is 0 Å². The van der Waals surface area contributed by atoms with Crippen molar-refractivity contribution in [1.82, 2.24) is 0 Å². The van der Waals surface area contributed by atoms with Gasteiger partial charge in [-0.05, 0) is 72.8 Å². The van der Waals surface area contributed by atoms with Crippen molar-refractivity contribution >= 4 is 28.8 Å². The Labute approximate surface area is 180 Å². The molecule has 0 saturated carbocycles. The van der Waals surface area contributed by atoms with E-state index < -0.39 is 0 Å². The zero-order chi connectivity index (χ0) is 20.3. The topological polar surface area (TPSA) is 27.0 Å². The molecule has 30 heavy (non-hydrogen) atoms. The Bertz CT molecular complexity index is 1270. The largest absolute Gasteiger partial charge is 0.308 e. The number of hydrogen-bond acceptors (Lipinski definition) is 3. The molecule has 5 rings (SSSR count). The molecule has 0 aromatic heterocycles. The van der Waals surface area contributed by atoms with Gasteiger partial charge in [-0.25, -0.2) is 0 Å². The Morgan fingerprint density at radius 3 is 1.57 bits per heavy atom. The lowest BCUT2D eigenvalue weighted by molar-refractivity contribution is 1.17. The summed E-state index contributed by atoms with van der Waals surface area (Å²) in [6, 6.07) is 34.8. The summed E-state index contributed by atoms with van der Waals surface area (Å²) < 4.78 is 0. The fourth-order valence-electron chi connectivity index (χ4n) is 3.45. The number of anilines is 3. The molecule has 0 aliphatic carbocycles. The second kappa shape index (κ2) is 7.84. The lowest BCUT2D eigenvalue weighted by Gasteiger charge is -2.32. The maximum atomic E-state index is 8.90. The second-order valence-corrected chi connectivity index (χ2v) is 7.94. The van der Waals surface area contributed by atoms with Gasteiger partial charge in [-0.2, -0.15) is 5.26 Å². The van der Waals surface area contributed by atoms with Crippen LogP contribution in [0.2, 0.25) is 0 Å². The molecular weight excluding hydrogens is 384 g/mol. The molecule has 4 aromatic carbocycles. The van der Waals surface area contributed by atoms with Crippen LogP contribution in [-0.4, -0.2) is 0 Å². The fourth-order valence-corrected chi connectivity index (χ4v) is 4.51. The highest BCUT2D eigenvalue weighted by Crippen LogP contribution is 2.50. The molecule has 0 unspecified atom stereocenters. The standard InChI is InChI=1S/C27H16N2S/c28-19-22-13-11-20(12-14-22)9-10-21-15-17-23(18-16-21)29-24-5-1-3-7-26(24)30-27-8-4-2-6-25(27)29/h1-8,11-18H. The van der Waals surface area contributed by atoms with Gasteiger partial charge in [0.25, 0.3) is 0 Å². The van der Waals surface area contributed by atoms with E-state index in [-0.39, 0.29) is 0 Å². The summed E-state index contributed by atoms with van der Waals surface area (Å²) in [6.45, 7) is 0. The minimum Gasteiger partial charge on any atom is -0.308 e. The quantitative estimate of drug-likeness (QED) is 0.287. The molecule has 0 saturated heterocycles. The van der Waals surface area contributed by atoms with Crippen molar-refractivity contribution in [2.24, 2.45) is 0 Å². The molecule has 0 spiro atoms. The summed E-state index contributed by atoms with van der Waals surface area (Å²) in [4.78, 5) is 4.81. The summed E-state index contributed by atoms with van der Waals surface area (Å²) in [5, 5.41) is 8.90. The molecule has 0 radical (unpaired) electrons. The van der Waals surface area contributed by atoms with Crippen LogP contribution in [0, 0.1) is 23.2 Å². The smallest absolute Gasteiger partial charge is 0.0991 e. The van der Waals surface area contributed by atoms with Crippen LogP contribution in [0.3, 0.4) is 0 Å². The highest BCUT2D eigenvalue weighted by Gasteiger charge is 2.23. The van der Waals surface area contributed by atoms with Crippen molar-refractivity contribution < 1.29 is 0 Å². The van der Waals surface area contributed by atoms with Crippen molar-refractivity contribution in [3.8, 4) is 17.9 Å². The average Bonchev–Trinajstić information content (AvgIpc) is 2.82. The van der Waals surface area contributed by atoms with Crippen LogP contribution in [0.1, 0.15) is 16.7 Å². The molecule has 0 bridgehead atoms. The van der Waals surface area contributed by atoms with Gasteiger partial charge in [0, 0.05) is 26.6 Å². The molecule has 0 atom stereocenters. The van der Waals surface area contributed by atoms with Crippen LogP contribution in [0.5, 0.6) is 0 Å². The van der Waals surface area contributed by atoms with Crippen LogP contribution in [0.15, 0.2) is 107 Å². The third-order valence-electron chi connectivity index (χ3n) is 4.92. The summed E-state index contributed by atoms with van der Waals surface area (Å²) >= 11 is 1.81. The number of hydrogen-bond donors (Lipinski definition) is 0. The second-order valence-electron chi connectivity index (χ2n) is 6.86. The number of para-hydroxylation sites is 2. The van der Waals surface area contributed by atoms with Gasteiger partial charge in [0.2, 0.25) is 0 Å². The van der Waals surface area contributed by atoms with Crippen molar-refractivity contribution in [2.75, 3.05) is 4.90 Å². The van der Waals surface area contributed by atoms with E-state index in [1.807, 2.05) is 23.9 Å². The number of rotatable bonds is 1. The van der Waals surface area contributed by atoms with Gasteiger partial charge in [-0.15, -0.1) is 0 Å². The predicted octanol–water partition coefficient (Wildman–Crippen LogP) is 6.89. The third kappa shape index (κ3) is 3.44. The van der Waals surface area contributed by atoms with Crippen LogP contribution in [0.4, 0.5) is 17.1 Å². The summed E-state index contributed by atoms with van der Waals surface area (Å²) in [7, 11) is 0. The van der Waals surface area contributed by atoms with E-state index in [9.17, 15) is 0 Å². The van der Waals surface area contributed by atoms with Crippen molar-refractivity contribution in [2.45, 2.75) is 9.79 Å². The van der Waals surface area contributed by atoms with E-state index >= 15 is 0 Å². The maximum absolute atomic E-state index is 8.90. The highest BCUT2D eigenvalue weighted by molar-refractivity contribution is 7.99. The highest BCUT2D eigenvalue weighted by atomic mass is 32.2. The first-order chi connectivity index (χ1) is 14.8. The maximum Gasteiger partial charge on any atom is 0.0991 e. The lowest BCUT2D eigenvalue weighted by Crippen LogP contribution is -2.14. The van der Waals surface area contributed by atoms with E-state index in [0.29, 0.717) is 5.56 Å². The Balaban J connectivity index is 1.48. The van der Waals surface area contributed by atoms with E-state index in [4.69, 9.17) is 5.26 Å². The Morgan fingerprint density at radius 2 is 1.03 bits per heavy atom. The molecule has 0 N–H and O–H groups in total. The third-order valence-corrected chi connectivity index (χ3v) is 6.05. The number of benzene rings is 4. The lowest BCUT2D eigenvalue weighted by atomic mass is 10.1. The first kappa shape index (κ1) is 18.1. The first-order valence-electron chi connectivity index (χ1n) is 9.60.